The molecule has 6 nitrogen and oxygen atoms in total. The van der Waals surface area contributed by atoms with Gasteiger partial charge in [-0.3, -0.25) is 4.79 Å². The van der Waals surface area contributed by atoms with Gasteiger partial charge in [0.05, 0.1) is 21.7 Å². The SMILES string of the molecule is N#C/C(=C\c1cc(Cl)c(OCc2ccccc2C#N)c(Cl)c1)C(=O)Nc1ccc(OCc2ccccc2)cc1. The molecule has 0 bridgehead atoms. The number of rotatable bonds is 9. The smallest absolute Gasteiger partial charge is 0.266 e. The van der Waals surface area contributed by atoms with Gasteiger partial charge in [-0.2, -0.15) is 10.5 Å². The number of hydrogen-bond donors (Lipinski definition) is 1. The Morgan fingerprint density at radius 2 is 1.51 bits per heavy atom. The maximum Gasteiger partial charge on any atom is 0.266 e. The summed E-state index contributed by atoms with van der Waals surface area (Å²) in [4.78, 5) is 12.8. The topological polar surface area (TPSA) is 95.1 Å². The van der Waals surface area contributed by atoms with Crippen molar-refractivity contribution in [3.8, 4) is 23.6 Å². The Bertz CT molecular complexity index is 1570. The third-order valence-electron chi connectivity index (χ3n) is 5.57. The van der Waals surface area contributed by atoms with E-state index in [1.165, 1.54) is 6.08 Å². The van der Waals surface area contributed by atoms with Crippen LogP contribution in [-0.2, 0) is 18.0 Å². The molecule has 0 atom stereocenters. The summed E-state index contributed by atoms with van der Waals surface area (Å²) in [6.45, 7) is 0.524. The second kappa shape index (κ2) is 13.2. The summed E-state index contributed by atoms with van der Waals surface area (Å²) in [6.07, 6.45) is 1.39. The van der Waals surface area contributed by atoms with Gasteiger partial charge in [0.15, 0.2) is 5.75 Å². The lowest BCUT2D eigenvalue weighted by Gasteiger charge is -2.12. The van der Waals surface area contributed by atoms with Crippen LogP contribution in [0.5, 0.6) is 11.5 Å². The molecule has 1 N–H and O–H groups in total. The molecule has 0 saturated heterocycles. The number of halogens is 2. The summed E-state index contributed by atoms with van der Waals surface area (Å²) in [7, 11) is 0. The fourth-order valence-electron chi connectivity index (χ4n) is 3.59. The number of hydrogen-bond acceptors (Lipinski definition) is 5. The highest BCUT2D eigenvalue weighted by Gasteiger charge is 2.14. The van der Waals surface area contributed by atoms with Crippen LogP contribution in [0.25, 0.3) is 6.08 Å². The monoisotopic (exact) mass is 553 g/mol. The molecular weight excluding hydrogens is 533 g/mol. The van der Waals surface area contributed by atoms with E-state index >= 15 is 0 Å². The van der Waals surface area contributed by atoms with E-state index in [1.807, 2.05) is 36.4 Å². The zero-order chi connectivity index (χ0) is 27.6. The number of nitrogens with one attached hydrogen (secondary N) is 1. The van der Waals surface area contributed by atoms with E-state index in [2.05, 4.69) is 11.4 Å². The minimum absolute atomic E-state index is 0.0975. The number of nitriles is 2. The molecule has 39 heavy (non-hydrogen) atoms. The van der Waals surface area contributed by atoms with Gasteiger partial charge < -0.3 is 14.8 Å². The van der Waals surface area contributed by atoms with E-state index in [4.69, 9.17) is 32.7 Å². The fourth-order valence-corrected chi connectivity index (χ4v) is 4.21. The van der Waals surface area contributed by atoms with Crippen molar-refractivity contribution < 1.29 is 14.3 Å². The number of ether oxygens (including phenoxy) is 2. The molecule has 4 rings (SSSR count). The highest BCUT2D eigenvalue weighted by atomic mass is 35.5. The average Bonchev–Trinajstić information content (AvgIpc) is 2.95. The van der Waals surface area contributed by atoms with Gasteiger partial charge >= 0.3 is 0 Å². The molecule has 0 saturated carbocycles. The van der Waals surface area contributed by atoms with Crippen molar-refractivity contribution in [2.24, 2.45) is 0 Å². The molecule has 4 aromatic carbocycles. The van der Waals surface area contributed by atoms with Gasteiger partial charge in [-0.05, 0) is 59.7 Å². The van der Waals surface area contributed by atoms with Crippen molar-refractivity contribution in [1.82, 2.24) is 0 Å². The number of amides is 1. The lowest BCUT2D eigenvalue weighted by atomic mass is 10.1. The average molecular weight is 554 g/mol. The number of benzene rings is 4. The van der Waals surface area contributed by atoms with Crippen LogP contribution in [0.3, 0.4) is 0 Å². The summed E-state index contributed by atoms with van der Waals surface area (Å²) in [6, 6.07) is 30.8. The highest BCUT2D eigenvalue weighted by molar-refractivity contribution is 6.37. The van der Waals surface area contributed by atoms with Gasteiger partial charge in [0.2, 0.25) is 0 Å². The summed E-state index contributed by atoms with van der Waals surface area (Å²) in [5.74, 6) is 0.299. The van der Waals surface area contributed by atoms with Gasteiger partial charge in [-0.15, -0.1) is 0 Å². The minimum Gasteiger partial charge on any atom is -0.489 e. The Morgan fingerprint density at radius 3 is 2.18 bits per heavy atom. The quantitative estimate of drug-likeness (QED) is 0.170. The van der Waals surface area contributed by atoms with Crippen molar-refractivity contribution in [1.29, 1.82) is 10.5 Å². The molecular formula is C31H21Cl2N3O3. The first-order chi connectivity index (χ1) is 19.0. The molecule has 0 aliphatic carbocycles. The van der Waals surface area contributed by atoms with E-state index < -0.39 is 5.91 Å². The second-order valence-corrected chi connectivity index (χ2v) is 9.11. The van der Waals surface area contributed by atoms with Gasteiger partial charge in [0, 0.05) is 11.3 Å². The number of carbonyl (C=O) groups excluding carboxylic acids is 1. The van der Waals surface area contributed by atoms with Gasteiger partial charge in [0.25, 0.3) is 5.91 Å². The van der Waals surface area contributed by atoms with Crippen LogP contribution >= 0.6 is 23.2 Å². The molecule has 0 fully saturated rings. The lowest BCUT2D eigenvalue weighted by molar-refractivity contribution is -0.112. The third-order valence-corrected chi connectivity index (χ3v) is 6.13. The highest BCUT2D eigenvalue weighted by Crippen LogP contribution is 2.35. The van der Waals surface area contributed by atoms with Crippen LogP contribution in [0, 0.1) is 22.7 Å². The zero-order valence-corrected chi connectivity index (χ0v) is 22.0. The minimum atomic E-state index is -0.587. The predicted octanol–water partition coefficient (Wildman–Crippen LogP) is 7.57. The van der Waals surface area contributed by atoms with Crippen LogP contribution in [0.2, 0.25) is 10.0 Å². The van der Waals surface area contributed by atoms with Gasteiger partial charge in [-0.25, -0.2) is 0 Å². The summed E-state index contributed by atoms with van der Waals surface area (Å²) < 4.78 is 11.5. The first kappa shape index (κ1) is 27.3. The molecule has 0 unspecified atom stereocenters. The summed E-state index contributed by atoms with van der Waals surface area (Å²) >= 11 is 12.8. The third kappa shape index (κ3) is 7.40. The number of nitrogens with zero attached hydrogens (tertiary/aromatic N) is 2. The molecule has 0 aliphatic heterocycles. The van der Waals surface area contributed by atoms with Crippen molar-refractivity contribution in [3.05, 3.63) is 129 Å². The maximum absolute atomic E-state index is 12.8. The van der Waals surface area contributed by atoms with E-state index in [0.29, 0.717) is 34.7 Å². The standard InChI is InChI=1S/C31H21Cl2N3O3/c32-28-15-22(16-29(33)30(28)39-20-24-9-5-4-8-23(24)17-34)14-25(18-35)31(37)36-26-10-12-27(13-11-26)38-19-21-6-2-1-3-7-21/h1-16H,19-20H2,(H,36,37)/b25-14+. The Labute approximate surface area is 236 Å². The fraction of sp³-hybridized carbons (Fsp3) is 0.0645. The van der Waals surface area contributed by atoms with Crippen LogP contribution in [0.15, 0.2) is 96.6 Å². The summed E-state index contributed by atoms with van der Waals surface area (Å²) in [5, 5.41) is 21.9. The summed E-state index contributed by atoms with van der Waals surface area (Å²) in [5.41, 5.74) is 3.04. The Hall–Kier alpha value is -4.75. The predicted molar refractivity (Wildman–Crippen MR) is 151 cm³/mol. The van der Waals surface area contributed by atoms with E-state index in [1.54, 1.807) is 60.7 Å². The largest absolute Gasteiger partial charge is 0.489 e. The molecule has 8 heteroatoms. The van der Waals surface area contributed by atoms with Crippen LogP contribution < -0.4 is 14.8 Å². The number of carbonyl (C=O) groups is 1. The van der Waals surface area contributed by atoms with E-state index in [-0.39, 0.29) is 28.0 Å². The van der Waals surface area contributed by atoms with Gasteiger partial charge in [-0.1, -0.05) is 71.7 Å². The van der Waals surface area contributed by atoms with E-state index in [9.17, 15) is 15.3 Å². The molecule has 0 aromatic heterocycles. The van der Waals surface area contributed by atoms with Crippen molar-refractivity contribution in [3.63, 3.8) is 0 Å². The zero-order valence-electron chi connectivity index (χ0n) is 20.5. The number of anilines is 1. The molecule has 1 amide bonds. The first-order valence-corrected chi connectivity index (χ1v) is 12.5. The van der Waals surface area contributed by atoms with Crippen molar-refractivity contribution in [2.45, 2.75) is 13.2 Å². The Balaban J connectivity index is 1.41. The molecule has 4 aromatic rings. The van der Waals surface area contributed by atoms with Crippen molar-refractivity contribution >= 4 is 40.9 Å². The van der Waals surface area contributed by atoms with Gasteiger partial charge in [0.1, 0.15) is 30.6 Å². The van der Waals surface area contributed by atoms with Crippen molar-refractivity contribution in [2.75, 3.05) is 5.32 Å². The maximum atomic E-state index is 12.8. The molecule has 0 spiro atoms. The van der Waals surface area contributed by atoms with Crippen LogP contribution in [0.4, 0.5) is 5.69 Å². The molecule has 0 radical (unpaired) electrons. The Kier molecular flexibility index (Phi) is 9.21. The second-order valence-electron chi connectivity index (χ2n) is 8.29. The van der Waals surface area contributed by atoms with Crippen LogP contribution in [-0.4, -0.2) is 5.91 Å². The van der Waals surface area contributed by atoms with E-state index in [0.717, 1.165) is 5.56 Å². The normalized spacial score (nSPS) is 10.7. The molecule has 0 heterocycles. The molecule has 192 valence electrons. The lowest BCUT2D eigenvalue weighted by Crippen LogP contribution is -2.13. The Morgan fingerprint density at radius 1 is 0.846 bits per heavy atom. The first-order valence-electron chi connectivity index (χ1n) is 11.8. The molecule has 0 aliphatic rings. The van der Waals surface area contributed by atoms with Crippen LogP contribution in [0.1, 0.15) is 22.3 Å².